The quantitative estimate of drug-likeness (QED) is 0.235. The van der Waals surface area contributed by atoms with Crippen LogP contribution < -0.4 is 4.74 Å². The molecule has 3 heteroatoms. The van der Waals surface area contributed by atoms with E-state index in [4.69, 9.17) is 9.47 Å². The van der Waals surface area contributed by atoms with Crippen molar-refractivity contribution in [2.24, 2.45) is 0 Å². The Balaban J connectivity index is 3.04. The van der Waals surface area contributed by atoms with Crippen molar-refractivity contribution in [3.05, 3.63) is 46.6 Å². The van der Waals surface area contributed by atoms with E-state index >= 15 is 0 Å². The zero-order valence-corrected chi connectivity index (χ0v) is 19.0. The number of phenols is 1. The van der Waals surface area contributed by atoms with Crippen molar-refractivity contribution in [2.75, 3.05) is 7.11 Å². The van der Waals surface area contributed by atoms with Crippen molar-refractivity contribution in [2.45, 2.75) is 92.3 Å². The van der Waals surface area contributed by atoms with Crippen LogP contribution in [0, 0.1) is 0 Å². The van der Waals surface area contributed by atoms with Crippen molar-refractivity contribution in [1.82, 2.24) is 0 Å². The third-order valence-electron chi connectivity index (χ3n) is 4.91. The molecule has 1 aromatic carbocycles. The summed E-state index contributed by atoms with van der Waals surface area (Å²) in [6.07, 6.45) is 11.6. The third kappa shape index (κ3) is 8.97. The second kappa shape index (κ2) is 12.0. The number of unbranched alkanes of at least 4 members (excludes halogenated alkanes) is 2. The molecule has 0 saturated carbocycles. The lowest BCUT2D eigenvalue weighted by Gasteiger charge is -2.26. The van der Waals surface area contributed by atoms with Gasteiger partial charge in [-0.3, -0.25) is 0 Å². The molecule has 28 heavy (non-hydrogen) atoms. The summed E-state index contributed by atoms with van der Waals surface area (Å²) >= 11 is 0. The van der Waals surface area contributed by atoms with E-state index in [9.17, 15) is 5.11 Å². The van der Waals surface area contributed by atoms with Crippen LogP contribution in [0.1, 0.15) is 84.8 Å². The molecule has 0 aliphatic heterocycles. The van der Waals surface area contributed by atoms with Crippen LogP contribution in [0.4, 0.5) is 0 Å². The lowest BCUT2D eigenvalue weighted by molar-refractivity contribution is -0.134. The molecule has 0 aliphatic rings. The minimum atomic E-state index is -0.745. The molecule has 1 rings (SSSR count). The number of methoxy groups -OCH3 is 1. The molecule has 0 heterocycles. The Morgan fingerprint density at radius 3 is 2.43 bits per heavy atom. The highest BCUT2D eigenvalue weighted by atomic mass is 16.7. The molecular weight excluding hydrogens is 348 g/mol. The van der Waals surface area contributed by atoms with Crippen molar-refractivity contribution in [1.29, 1.82) is 0 Å². The molecule has 0 aliphatic carbocycles. The Morgan fingerprint density at radius 2 is 1.82 bits per heavy atom. The van der Waals surface area contributed by atoms with Gasteiger partial charge in [0.05, 0.1) is 0 Å². The lowest BCUT2D eigenvalue weighted by atomic mass is 10.00. The molecule has 1 N–H and O–H groups in total. The van der Waals surface area contributed by atoms with Gasteiger partial charge in [-0.25, -0.2) is 0 Å². The summed E-state index contributed by atoms with van der Waals surface area (Å²) in [6.45, 7) is 12.4. The number of allylic oxidation sites excluding steroid dienone is 4. The molecule has 0 amide bonds. The summed E-state index contributed by atoms with van der Waals surface area (Å²) in [4.78, 5) is 0. The van der Waals surface area contributed by atoms with Gasteiger partial charge in [-0.15, -0.1) is 0 Å². The Morgan fingerprint density at radius 1 is 1.11 bits per heavy atom. The first-order valence-electron chi connectivity index (χ1n) is 10.6. The number of hydrogen-bond acceptors (Lipinski definition) is 3. The summed E-state index contributed by atoms with van der Waals surface area (Å²) in [5, 5.41) is 10.7. The van der Waals surface area contributed by atoms with Gasteiger partial charge in [0.25, 0.3) is 0 Å². The minimum Gasteiger partial charge on any atom is -0.508 e. The Kier molecular flexibility index (Phi) is 10.4. The third-order valence-corrected chi connectivity index (χ3v) is 4.91. The van der Waals surface area contributed by atoms with E-state index in [1.807, 2.05) is 19.9 Å². The fraction of sp³-hybridized carbons (Fsp3) is 0.600. The number of hydrogen-bond donors (Lipinski definition) is 1. The maximum atomic E-state index is 10.7. The number of aromatic hydroxyl groups is 1. The zero-order valence-electron chi connectivity index (χ0n) is 19.0. The zero-order chi connectivity index (χ0) is 21.2. The van der Waals surface area contributed by atoms with Gasteiger partial charge >= 0.3 is 0 Å². The van der Waals surface area contributed by atoms with E-state index in [0.717, 1.165) is 36.8 Å². The first kappa shape index (κ1) is 24.3. The van der Waals surface area contributed by atoms with Crippen LogP contribution in [-0.4, -0.2) is 18.0 Å². The van der Waals surface area contributed by atoms with Crippen LogP contribution in [-0.2, 0) is 17.6 Å². The first-order valence-corrected chi connectivity index (χ1v) is 10.6. The van der Waals surface area contributed by atoms with E-state index in [0.29, 0.717) is 17.9 Å². The van der Waals surface area contributed by atoms with Crippen LogP contribution >= 0.6 is 0 Å². The lowest BCUT2D eigenvalue weighted by Crippen LogP contribution is -2.30. The van der Waals surface area contributed by atoms with Gasteiger partial charge in [-0.1, -0.05) is 43.1 Å². The fourth-order valence-corrected chi connectivity index (χ4v) is 2.98. The molecule has 0 radical (unpaired) electrons. The Bertz CT molecular complexity index is 665. The predicted octanol–water partition coefficient (Wildman–Crippen LogP) is 7.12. The molecule has 0 unspecified atom stereocenters. The monoisotopic (exact) mass is 388 g/mol. The molecule has 0 bridgehead atoms. The summed E-state index contributed by atoms with van der Waals surface area (Å²) in [5.74, 6) is 0.279. The second-order valence-electron chi connectivity index (χ2n) is 8.33. The summed E-state index contributed by atoms with van der Waals surface area (Å²) < 4.78 is 11.6. The summed E-state index contributed by atoms with van der Waals surface area (Å²) in [6, 6.07) is 3.96. The highest BCUT2D eigenvalue weighted by Gasteiger charge is 2.22. The van der Waals surface area contributed by atoms with Crippen molar-refractivity contribution < 1.29 is 14.6 Å². The van der Waals surface area contributed by atoms with E-state index in [2.05, 4.69) is 45.9 Å². The van der Waals surface area contributed by atoms with Gasteiger partial charge in [-0.05, 0) is 70.6 Å². The largest absolute Gasteiger partial charge is 0.508 e. The smallest absolute Gasteiger partial charge is 0.204 e. The summed E-state index contributed by atoms with van der Waals surface area (Å²) in [5.41, 5.74) is 4.61. The van der Waals surface area contributed by atoms with E-state index in [-0.39, 0.29) is 0 Å². The SMILES string of the molecule is CCCCCc1cc(O)c(C/C=C(\C)CCC=C(C)C)c(OC(C)(C)OC)c1. The van der Waals surface area contributed by atoms with Gasteiger partial charge in [-0.2, -0.15) is 0 Å². The molecule has 3 nitrogen and oxygen atoms in total. The first-order chi connectivity index (χ1) is 13.2. The van der Waals surface area contributed by atoms with Crippen LogP contribution in [0.2, 0.25) is 0 Å². The predicted molar refractivity (Wildman–Crippen MR) is 119 cm³/mol. The van der Waals surface area contributed by atoms with Crippen LogP contribution in [0.15, 0.2) is 35.4 Å². The highest BCUT2D eigenvalue weighted by molar-refractivity contribution is 5.49. The van der Waals surface area contributed by atoms with Crippen molar-refractivity contribution in [3.8, 4) is 11.5 Å². The van der Waals surface area contributed by atoms with Gasteiger partial charge in [0.1, 0.15) is 11.5 Å². The summed E-state index contributed by atoms with van der Waals surface area (Å²) in [7, 11) is 1.64. The molecule has 0 fully saturated rings. The average molecular weight is 389 g/mol. The minimum absolute atomic E-state index is 0.309. The number of aryl methyl sites for hydroxylation is 1. The molecular formula is C25H40O3. The van der Waals surface area contributed by atoms with Gasteiger partial charge < -0.3 is 14.6 Å². The van der Waals surface area contributed by atoms with E-state index < -0.39 is 5.79 Å². The van der Waals surface area contributed by atoms with Gasteiger partial charge in [0.2, 0.25) is 5.79 Å². The van der Waals surface area contributed by atoms with Gasteiger partial charge in [0.15, 0.2) is 0 Å². The Labute approximate surface area is 172 Å². The van der Waals surface area contributed by atoms with Crippen LogP contribution in [0.25, 0.3) is 0 Å². The molecule has 0 aromatic heterocycles. The molecule has 1 aromatic rings. The Hall–Kier alpha value is -1.74. The number of phenolic OH excluding ortho intramolecular Hbond substituents is 1. The molecule has 0 spiro atoms. The molecule has 158 valence electrons. The maximum Gasteiger partial charge on any atom is 0.204 e. The molecule has 0 saturated heterocycles. The van der Waals surface area contributed by atoms with Crippen molar-refractivity contribution in [3.63, 3.8) is 0 Å². The van der Waals surface area contributed by atoms with E-state index in [1.165, 1.54) is 24.0 Å². The van der Waals surface area contributed by atoms with Crippen molar-refractivity contribution >= 4 is 0 Å². The molecule has 0 atom stereocenters. The topological polar surface area (TPSA) is 38.7 Å². The number of ether oxygens (including phenoxy) is 2. The number of benzene rings is 1. The average Bonchev–Trinajstić information content (AvgIpc) is 2.60. The normalized spacial score (nSPS) is 12.2. The van der Waals surface area contributed by atoms with Crippen LogP contribution in [0.5, 0.6) is 11.5 Å². The number of rotatable bonds is 12. The maximum absolute atomic E-state index is 10.7. The highest BCUT2D eigenvalue weighted by Crippen LogP contribution is 2.34. The van der Waals surface area contributed by atoms with Crippen LogP contribution in [0.3, 0.4) is 0 Å². The fourth-order valence-electron chi connectivity index (χ4n) is 2.98. The van der Waals surface area contributed by atoms with E-state index in [1.54, 1.807) is 7.11 Å². The standard InChI is InChI=1S/C25H40O3/c1-8-9-10-14-21-17-23(26)22(24(18-21)28-25(5,6)27-7)16-15-20(4)13-11-12-19(2)3/h12,15,17-18,26H,8-11,13-14,16H2,1-7H3/b20-15+. The second-order valence-corrected chi connectivity index (χ2v) is 8.33. The van der Waals surface area contributed by atoms with Gasteiger partial charge in [0, 0.05) is 26.5 Å².